The van der Waals surface area contributed by atoms with E-state index in [9.17, 15) is 0 Å². The Labute approximate surface area is 100 Å². The Hall–Kier alpha value is -1.18. The van der Waals surface area contributed by atoms with Gasteiger partial charge in [0.05, 0.1) is 12.2 Å². The van der Waals surface area contributed by atoms with Crippen LogP contribution in [0.1, 0.15) is 13.8 Å². The van der Waals surface area contributed by atoms with Crippen molar-refractivity contribution >= 4 is 18.5 Å². The third-order valence-corrected chi connectivity index (χ3v) is 2.66. The zero-order valence-corrected chi connectivity index (χ0v) is 9.95. The molecule has 1 aliphatic rings. The van der Waals surface area contributed by atoms with E-state index in [4.69, 9.17) is 14.8 Å². The monoisotopic (exact) mass is 237 g/mol. The summed E-state index contributed by atoms with van der Waals surface area (Å²) in [5.74, 6) is 0.594. The second kappa shape index (κ2) is 4.99. The van der Waals surface area contributed by atoms with Gasteiger partial charge in [0.2, 0.25) is 5.95 Å². The van der Waals surface area contributed by atoms with Crippen LogP contribution in [0.25, 0.3) is 0 Å². The van der Waals surface area contributed by atoms with Crippen LogP contribution in [0.3, 0.4) is 0 Å². The summed E-state index contributed by atoms with van der Waals surface area (Å²) in [5.41, 5.74) is 0.295. The van der Waals surface area contributed by atoms with Crippen molar-refractivity contribution < 1.29 is 14.8 Å². The highest BCUT2D eigenvalue weighted by molar-refractivity contribution is 6.58. The van der Waals surface area contributed by atoms with Gasteiger partial charge in [-0.3, -0.25) is 0 Å². The van der Waals surface area contributed by atoms with Crippen molar-refractivity contribution in [3.8, 4) is 0 Å². The van der Waals surface area contributed by atoms with E-state index in [1.807, 2.05) is 18.7 Å². The SMILES string of the molecule is C[C@@H]1CN(c2ncc(B(O)O)cn2)C[C@@H](C)O1. The number of anilines is 1. The Balaban J connectivity index is 2.11. The molecule has 17 heavy (non-hydrogen) atoms. The summed E-state index contributed by atoms with van der Waals surface area (Å²) in [4.78, 5) is 10.3. The van der Waals surface area contributed by atoms with Gasteiger partial charge >= 0.3 is 7.12 Å². The smallest absolute Gasteiger partial charge is 0.423 e. The zero-order chi connectivity index (χ0) is 12.4. The van der Waals surface area contributed by atoms with Gasteiger partial charge in [-0.25, -0.2) is 9.97 Å². The molecule has 1 fully saturated rings. The fourth-order valence-electron chi connectivity index (χ4n) is 1.97. The third-order valence-electron chi connectivity index (χ3n) is 2.66. The lowest BCUT2D eigenvalue weighted by atomic mass is 9.83. The van der Waals surface area contributed by atoms with Crippen LogP contribution in [-0.4, -0.2) is 52.4 Å². The van der Waals surface area contributed by atoms with Crippen molar-refractivity contribution in [2.45, 2.75) is 26.1 Å². The minimum atomic E-state index is -1.52. The number of morpholine rings is 1. The van der Waals surface area contributed by atoms with Crippen LogP contribution < -0.4 is 10.4 Å². The molecule has 1 aliphatic heterocycles. The maximum atomic E-state index is 8.95. The van der Waals surface area contributed by atoms with Gasteiger partial charge in [-0.2, -0.15) is 0 Å². The molecule has 0 radical (unpaired) electrons. The van der Waals surface area contributed by atoms with Crippen molar-refractivity contribution in [3.05, 3.63) is 12.4 Å². The molecule has 0 aromatic carbocycles. The van der Waals surface area contributed by atoms with E-state index in [-0.39, 0.29) is 12.2 Å². The average Bonchev–Trinajstić information content (AvgIpc) is 2.28. The maximum absolute atomic E-state index is 8.95. The summed E-state index contributed by atoms with van der Waals surface area (Å²) >= 11 is 0. The Morgan fingerprint density at radius 2 is 1.76 bits per heavy atom. The number of rotatable bonds is 2. The first-order valence-corrected chi connectivity index (χ1v) is 5.64. The molecule has 0 bridgehead atoms. The van der Waals surface area contributed by atoms with Gasteiger partial charge in [0.15, 0.2) is 0 Å². The van der Waals surface area contributed by atoms with E-state index >= 15 is 0 Å². The molecule has 0 amide bonds. The van der Waals surface area contributed by atoms with Gasteiger partial charge in [-0.05, 0) is 13.8 Å². The number of aromatic nitrogens is 2. The van der Waals surface area contributed by atoms with Gasteiger partial charge in [0.1, 0.15) is 0 Å². The van der Waals surface area contributed by atoms with E-state index in [1.165, 1.54) is 12.4 Å². The Bertz CT molecular complexity index is 364. The van der Waals surface area contributed by atoms with Gasteiger partial charge in [-0.15, -0.1) is 0 Å². The Morgan fingerprint density at radius 3 is 2.24 bits per heavy atom. The zero-order valence-electron chi connectivity index (χ0n) is 9.95. The van der Waals surface area contributed by atoms with Crippen molar-refractivity contribution in [3.63, 3.8) is 0 Å². The topological polar surface area (TPSA) is 78.7 Å². The molecular formula is C10H16BN3O3. The number of ether oxygens (including phenoxy) is 1. The highest BCUT2D eigenvalue weighted by Gasteiger charge is 2.24. The standard InChI is InChI=1S/C10H16BN3O3/c1-7-5-14(6-8(2)17-7)10-12-3-9(4-13-10)11(15)16/h3-4,7-8,15-16H,5-6H2,1-2H3/t7-,8-/m1/s1. The molecule has 0 aliphatic carbocycles. The second-order valence-corrected chi connectivity index (χ2v) is 4.35. The van der Waals surface area contributed by atoms with Crippen LogP contribution in [-0.2, 0) is 4.74 Å². The third kappa shape index (κ3) is 2.93. The summed E-state index contributed by atoms with van der Waals surface area (Å²) in [6, 6.07) is 0. The minimum absolute atomic E-state index is 0.144. The Kier molecular flexibility index (Phi) is 3.61. The lowest BCUT2D eigenvalue weighted by Crippen LogP contribution is -2.46. The highest BCUT2D eigenvalue weighted by atomic mass is 16.5. The highest BCUT2D eigenvalue weighted by Crippen LogP contribution is 2.15. The lowest BCUT2D eigenvalue weighted by Gasteiger charge is -2.35. The van der Waals surface area contributed by atoms with E-state index in [2.05, 4.69) is 9.97 Å². The van der Waals surface area contributed by atoms with Gasteiger partial charge in [0.25, 0.3) is 0 Å². The van der Waals surface area contributed by atoms with Crippen LogP contribution in [0.2, 0.25) is 0 Å². The summed E-state index contributed by atoms with van der Waals surface area (Å²) in [6.45, 7) is 5.50. The molecule has 0 saturated carbocycles. The van der Waals surface area contributed by atoms with Crippen molar-refractivity contribution in [2.24, 2.45) is 0 Å². The number of hydrogen-bond acceptors (Lipinski definition) is 6. The van der Waals surface area contributed by atoms with Crippen LogP contribution in [0.4, 0.5) is 5.95 Å². The lowest BCUT2D eigenvalue weighted by molar-refractivity contribution is -0.00571. The molecule has 2 heterocycles. The Morgan fingerprint density at radius 1 is 1.24 bits per heavy atom. The van der Waals surface area contributed by atoms with Gasteiger partial charge in [0, 0.05) is 30.9 Å². The molecule has 92 valence electrons. The number of nitrogens with zero attached hydrogens (tertiary/aromatic N) is 3. The largest absolute Gasteiger partial charge is 0.491 e. The van der Waals surface area contributed by atoms with E-state index in [0.29, 0.717) is 11.4 Å². The molecule has 2 atom stereocenters. The first-order valence-electron chi connectivity index (χ1n) is 5.64. The first-order chi connectivity index (χ1) is 8.06. The quantitative estimate of drug-likeness (QED) is 0.627. The molecule has 2 rings (SSSR count). The van der Waals surface area contributed by atoms with Crippen LogP contribution in [0.5, 0.6) is 0 Å². The van der Waals surface area contributed by atoms with Crippen LogP contribution >= 0.6 is 0 Å². The summed E-state index contributed by atoms with van der Waals surface area (Å²) in [7, 11) is -1.52. The molecule has 1 saturated heterocycles. The van der Waals surface area contributed by atoms with Crippen molar-refractivity contribution in [2.75, 3.05) is 18.0 Å². The summed E-state index contributed by atoms with van der Waals surface area (Å²) in [5, 5.41) is 17.9. The molecular weight excluding hydrogens is 221 g/mol. The van der Waals surface area contributed by atoms with Crippen molar-refractivity contribution in [1.29, 1.82) is 0 Å². The van der Waals surface area contributed by atoms with E-state index in [1.54, 1.807) is 0 Å². The molecule has 1 aromatic heterocycles. The predicted molar refractivity (Wildman–Crippen MR) is 64.1 cm³/mol. The molecule has 1 aromatic rings. The molecule has 7 heteroatoms. The fourth-order valence-corrected chi connectivity index (χ4v) is 1.97. The van der Waals surface area contributed by atoms with Crippen LogP contribution in [0.15, 0.2) is 12.4 Å². The first kappa shape index (κ1) is 12.3. The number of hydrogen-bond donors (Lipinski definition) is 2. The average molecular weight is 237 g/mol. The van der Waals surface area contributed by atoms with E-state index in [0.717, 1.165) is 13.1 Å². The predicted octanol–water partition coefficient (Wildman–Crippen LogP) is -1.23. The molecule has 0 spiro atoms. The molecule has 2 N–H and O–H groups in total. The fraction of sp³-hybridized carbons (Fsp3) is 0.600. The molecule has 0 unspecified atom stereocenters. The minimum Gasteiger partial charge on any atom is -0.423 e. The van der Waals surface area contributed by atoms with Crippen LogP contribution in [0, 0.1) is 0 Å². The summed E-state index contributed by atoms with van der Waals surface area (Å²) in [6.07, 6.45) is 3.14. The maximum Gasteiger partial charge on any atom is 0.491 e. The molecule has 6 nitrogen and oxygen atoms in total. The second-order valence-electron chi connectivity index (χ2n) is 4.35. The normalized spacial score (nSPS) is 24.8. The summed E-state index contributed by atoms with van der Waals surface area (Å²) < 4.78 is 5.62. The van der Waals surface area contributed by atoms with Crippen molar-refractivity contribution in [1.82, 2.24) is 9.97 Å². The van der Waals surface area contributed by atoms with Gasteiger partial charge in [-0.1, -0.05) is 0 Å². The van der Waals surface area contributed by atoms with Gasteiger partial charge < -0.3 is 19.7 Å². The van der Waals surface area contributed by atoms with E-state index < -0.39 is 7.12 Å².